The summed E-state index contributed by atoms with van der Waals surface area (Å²) in [6, 6.07) is 1.64. The van der Waals surface area contributed by atoms with Crippen LogP contribution in [0.5, 0.6) is 0 Å². The van der Waals surface area contributed by atoms with E-state index in [-0.39, 0.29) is 12.5 Å². The summed E-state index contributed by atoms with van der Waals surface area (Å²) in [4.78, 5) is 21.8. The third kappa shape index (κ3) is 2.12. The van der Waals surface area contributed by atoms with Crippen LogP contribution >= 0.6 is 0 Å². The van der Waals surface area contributed by atoms with E-state index in [1.54, 1.807) is 12.3 Å². The quantitative estimate of drug-likeness (QED) is 0.748. The predicted octanol–water partition coefficient (Wildman–Crippen LogP) is 0.171. The van der Waals surface area contributed by atoms with Crippen molar-refractivity contribution >= 4 is 5.91 Å². The zero-order chi connectivity index (χ0) is 10.7. The van der Waals surface area contributed by atoms with Crippen LogP contribution in [0.15, 0.2) is 12.3 Å². The van der Waals surface area contributed by atoms with Crippen molar-refractivity contribution in [2.24, 2.45) is 5.73 Å². The first-order valence-corrected chi connectivity index (χ1v) is 5.12. The van der Waals surface area contributed by atoms with Crippen molar-refractivity contribution in [1.29, 1.82) is 0 Å². The third-order valence-corrected chi connectivity index (χ3v) is 2.50. The van der Waals surface area contributed by atoms with E-state index < -0.39 is 0 Å². The minimum absolute atomic E-state index is 0.00963. The maximum Gasteiger partial charge on any atom is 0.272 e. The standard InChI is InChI=1S/C10H14N4O/c11-7-9-12-4-3-8(13-9)10(15)14-5-1-2-6-14/h3-4H,1-2,5-7,11H2. The first-order valence-electron chi connectivity index (χ1n) is 5.12. The molecule has 1 saturated heterocycles. The molecule has 5 heteroatoms. The number of likely N-dealkylation sites (tertiary alicyclic amines) is 1. The van der Waals surface area contributed by atoms with E-state index in [9.17, 15) is 4.79 Å². The molecular formula is C10H14N4O. The molecule has 0 atom stereocenters. The molecule has 0 radical (unpaired) electrons. The first-order chi connectivity index (χ1) is 7.31. The van der Waals surface area contributed by atoms with Crippen LogP contribution in [0.25, 0.3) is 0 Å². The predicted molar refractivity (Wildman–Crippen MR) is 55.1 cm³/mol. The number of nitrogens with zero attached hydrogens (tertiary/aromatic N) is 3. The number of carbonyl (C=O) groups is 1. The van der Waals surface area contributed by atoms with Crippen molar-refractivity contribution in [2.45, 2.75) is 19.4 Å². The number of carbonyl (C=O) groups excluding carboxylic acids is 1. The summed E-state index contributed by atoms with van der Waals surface area (Å²) in [5.41, 5.74) is 5.87. The minimum atomic E-state index is -0.00963. The lowest BCUT2D eigenvalue weighted by molar-refractivity contribution is 0.0786. The number of aromatic nitrogens is 2. The van der Waals surface area contributed by atoms with Crippen LogP contribution < -0.4 is 5.73 Å². The van der Waals surface area contributed by atoms with E-state index in [0.717, 1.165) is 25.9 Å². The van der Waals surface area contributed by atoms with Crippen LogP contribution in [0.2, 0.25) is 0 Å². The molecule has 80 valence electrons. The van der Waals surface area contributed by atoms with Gasteiger partial charge in [-0.3, -0.25) is 4.79 Å². The fourth-order valence-electron chi connectivity index (χ4n) is 1.70. The topological polar surface area (TPSA) is 72.1 Å². The second-order valence-corrected chi connectivity index (χ2v) is 3.56. The number of nitrogens with two attached hydrogens (primary N) is 1. The van der Waals surface area contributed by atoms with Crippen LogP contribution in [0, 0.1) is 0 Å². The molecule has 1 amide bonds. The lowest BCUT2D eigenvalue weighted by atomic mass is 10.3. The summed E-state index contributed by atoms with van der Waals surface area (Å²) in [5.74, 6) is 0.504. The summed E-state index contributed by atoms with van der Waals surface area (Å²) >= 11 is 0. The highest BCUT2D eigenvalue weighted by Gasteiger charge is 2.20. The molecule has 0 unspecified atom stereocenters. The number of hydrogen-bond donors (Lipinski definition) is 1. The summed E-state index contributed by atoms with van der Waals surface area (Å²) in [5, 5.41) is 0. The van der Waals surface area contributed by atoms with Gasteiger partial charge in [0.05, 0.1) is 6.54 Å². The lowest BCUT2D eigenvalue weighted by Crippen LogP contribution is -2.28. The molecule has 1 fully saturated rings. The van der Waals surface area contributed by atoms with Crippen molar-refractivity contribution < 1.29 is 4.79 Å². The molecule has 0 bridgehead atoms. The maximum atomic E-state index is 11.9. The Bertz CT molecular complexity index is 360. The Morgan fingerprint density at radius 3 is 2.87 bits per heavy atom. The van der Waals surface area contributed by atoms with Gasteiger partial charge in [-0.15, -0.1) is 0 Å². The van der Waals surface area contributed by atoms with Gasteiger partial charge in [-0.2, -0.15) is 0 Å². The lowest BCUT2D eigenvalue weighted by Gasteiger charge is -2.14. The van der Waals surface area contributed by atoms with Crippen molar-refractivity contribution in [3.63, 3.8) is 0 Å². The van der Waals surface area contributed by atoms with E-state index in [1.165, 1.54) is 0 Å². The van der Waals surface area contributed by atoms with Crippen LogP contribution in [-0.2, 0) is 6.54 Å². The van der Waals surface area contributed by atoms with E-state index in [0.29, 0.717) is 11.5 Å². The summed E-state index contributed by atoms with van der Waals surface area (Å²) in [6.07, 6.45) is 3.75. The van der Waals surface area contributed by atoms with Gasteiger partial charge in [0.2, 0.25) is 0 Å². The summed E-state index contributed by atoms with van der Waals surface area (Å²) < 4.78 is 0. The van der Waals surface area contributed by atoms with Gasteiger partial charge in [-0.25, -0.2) is 9.97 Å². The zero-order valence-corrected chi connectivity index (χ0v) is 8.52. The number of hydrogen-bond acceptors (Lipinski definition) is 4. The van der Waals surface area contributed by atoms with Gasteiger partial charge in [0, 0.05) is 19.3 Å². The first kappa shape index (κ1) is 10.0. The Labute approximate surface area is 88.3 Å². The van der Waals surface area contributed by atoms with Crippen molar-refractivity contribution in [2.75, 3.05) is 13.1 Å². The molecule has 5 nitrogen and oxygen atoms in total. The smallest absolute Gasteiger partial charge is 0.272 e. The molecule has 1 aliphatic rings. The molecule has 0 spiro atoms. The Morgan fingerprint density at radius 1 is 1.47 bits per heavy atom. The summed E-state index contributed by atoms with van der Waals surface area (Å²) in [6.45, 7) is 1.93. The molecule has 0 aromatic carbocycles. The molecule has 1 aromatic rings. The van der Waals surface area contributed by atoms with Crippen LogP contribution in [0.1, 0.15) is 29.2 Å². The fourth-order valence-corrected chi connectivity index (χ4v) is 1.70. The van der Waals surface area contributed by atoms with E-state index >= 15 is 0 Å². The minimum Gasteiger partial charge on any atom is -0.337 e. The van der Waals surface area contributed by atoms with Crippen LogP contribution in [0.3, 0.4) is 0 Å². The molecule has 1 aromatic heterocycles. The van der Waals surface area contributed by atoms with Crippen LogP contribution in [-0.4, -0.2) is 33.9 Å². The van der Waals surface area contributed by atoms with Crippen LogP contribution in [0.4, 0.5) is 0 Å². The van der Waals surface area contributed by atoms with Gasteiger partial charge in [0.1, 0.15) is 11.5 Å². The van der Waals surface area contributed by atoms with E-state index in [1.807, 2.05) is 4.90 Å². The average Bonchev–Trinajstić information content (AvgIpc) is 2.81. The molecule has 0 saturated carbocycles. The molecule has 2 rings (SSSR count). The third-order valence-electron chi connectivity index (χ3n) is 2.50. The molecule has 2 N–H and O–H groups in total. The highest BCUT2D eigenvalue weighted by molar-refractivity contribution is 5.92. The molecule has 0 aliphatic carbocycles. The van der Waals surface area contributed by atoms with Gasteiger partial charge in [0.25, 0.3) is 5.91 Å². The number of amides is 1. The van der Waals surface area contributed by atoms with Crippen molar-refractivity contribution in [1.82, 2.24) is 14.9 Å². The Kier molecular flexibility index (Phi) is 2.91. The average molecular weight is 206 g/mol. The highest BCUT2D eigenvalue weighted by atomic mass is 16.2. The molecule has 2 heterocycles. The second-order valence-electron chi connectivity index (χ2n) is 3.56. The van der Waals surface area contributed by atoms with Gasteiger partial charge < -0.3 is 10.6 Å². The Balaban J connectivity index is 2.17. The Hall–Kier alpha value is -1.49. The second kappa shape index (κ2) is 4.35. The van der Waals surface area contributed by atoms with Gasteiger partial charge in [-0.1, -0.05) is 0 Å². The molecular weight excluding hydrogens is 192 g/mol. The molecule has 15 heavy (non-hydrogen) atoms. The summed E-state index contributed by atoms with van der Waals surface area (Å²) in [7, 11) is 0. The highest BCUT2D eigenvalue weighted by Crippen LogP contribution is 2.11. The monoisotopic (exact) mass is 206 g/mol. The van der Waals surface area contributed by atoms with Gasteiger partial charge in [0.15, 0.2) is 0 Å². The normalized spacial score (nSPS) is 15.7. The fraction of sp³-hybridized carbons (Fsp3) is 0.500. The Morgan fingerprint density at radius 2 is 2.20 bits per heavy atom. The van der Waals surface area contributed by atoms with Crippen molar-refractivity contribution in [3.8, 4) is 0 Å². The SMILES string of the molecule is NCc1nccc(C(=O)N2CCCC2)n1. The maximum absolute atomic E-state index is 11.9. The zero-order valence-electron chi connectivity index (χ0n) is 8.52. The van der Waals surface area contributed by atoms with E-state index in [2.05, 4.69) is 9.97 Å². The largest absolute Gasteiger partial charge is 0.337 e. The molecule has 1 aliphatic heterocycles. The van der Waals surface area contributed by atoms with Gasteiger partial charge >= 0.3 is 0 Å². The van der Waals surface area contributed by atoms with Gasteiger partial charge in [-0.05, 0) is 18.9 Å². The van der Waals surface area contributed by atoms with E-state index in [4.69, 9.17) is 5.73 Å². The van der Waals surface area contributed by atoms with Crippen molar-refractivity contribution in [3.05, 3.63) is 23.8 Å². The number of rotatable bonds is 2.